The minimum atomic E-state index is 0.714. The first-order chi connectivity index (χ1) is 23.8. The normalized spacial score (nSPS) is 11.8. The van der Waals surface area contributed by atoms with Crippen LogP contribution in [-0.4, -0.2) is 19.5 Å². The zero-order chi connectivity index (χ0) is 31.6. The van der Waals surface area contributed by atoms with Crippen molar-refractivity contribution in [2.24, 2.45) is 0 Å². The lowest BCUT2D eigenvalue weighted by Gasteiger charge is -2.12. The first-order valence-corrected chi connectivity index (χ1v) is 16.8. The van der Waals surface area contributed by atoms with E-state index in [1.165, 1.54) is 52.8 Å². The molecular weight excluding hydrogens is 605 g/mol. The Labute approximate surface area is 280 Å². The van der Waals surface area contributed by atoms with Crippen LogP contribution in [0.25, 0.3) is 92.3 Å². The number of hydrogen-bond donors (Lipinski definition) is 0. The van der Waals surface area contributed by atoms with Crippen LogP contribution >= 0.6 is 11.3 Å². The van der Waals surface area contributed by atoms with Crippen molar-refractivity contribution in [2.45, 2.75) is 0 Å². The molecule has 224 valence electrons. The molecule has 0 N–H and O–H groups in total. The average molecular weight is 631 g/mol. The highest BCUT2D eigenvalue weighted by atomic mass is 32.1. The lowest BCUT2D eigenvalue weighted by molar-refractivity contribution is 1.17. The lowest BCUT2D eigenvalue weighted by Crippen LogP contribution is -1.97. The minimum Gasteiger partial charge on any atom is -0.309 e. The Bertz CT molecular complexity index is 2760. The number of fused-ring (bicyclic) bond motifs is 10. The topological polar surface area (TPSA) is 43.6 Å². The molecule has 10 aromatic rings. The molecule has 0 unspecified atom stereocenters. The third-order valence-corrected chi connectivity index (χ3v) is 10.5. The predicted molar refractivity (Wildman–Crippen MR) is 201 cm³/mol. The van der Waals surface area contributed by atoms with Gasteiger partial charge in [0, 0.05) is 71.1 Å². The number of benzene rings is 6. The van der Waals surface area contributed by atoms with E-state index in [4.69, 9.17) is 9.97 Å². The molecular formula is C43H26N4S. The van der Waals surface area contributed by atoms with Crippen molar-refractivity contribution < 1.29 is 0 Å². The maximum Gasteiger partial charge on any atom is 0.160 e. The molecule has 0 fully saturated rings. The summed E-state index contributed by atoms with van der Waals surface area (Å²) in [6.45, 7) is 0. The summed E-state index contributed by atoms with van der Waals surface area (Å²) in [7, 11) is 0. The van der Waals surface area contributed by atoms with Crippen LogP contribution in [0.4, 0.5) is 0 Å². The van der Waals surface area contributed by atoms with E-state index in [0.29, 0.717) is 5.82 Å². The molecule has 0 aliphatic carbocycles. The third-order valence-electron chi connectivity index (χ3n) is 9.29. The Morgan fingerprint density at radius 1 is 0.500 bits per heavy atom. The molecule has 0 saturated carbocycles. The second-order valence-corrected chi connectivity index (χ2v) is 13.1. The van der Waals surface area contributed by atoms with Crippen LogP contribution in [-0.2, 0) is 0 Å². The second-order valence-electron chi connectivity index (χ2n) is 12.0. The van der Waals surface area contributed by atoms with Gasteiger partial charge < -0.3 is 4.57 Å². The molecule has 0 amide bonds. The number of hydrogen-bond acceptors (Lipinski definition) is 4. The van der Waals surface area contributed by atoms with Gasteiger partial charge in [-0.05, 0) is 41.8 Å². The SMILES string of the molecule is c1ccc(-c2cc(-c3ccc(-n4c5ccccc5c5c6ccncc6c6sc7ccccc7c6c54)cc3)nc(-c3ccccc3)n2)cc1. The van der Waals surface area contributed by atoms with Gasteiger partial charge in [0.2, 0.25) is 0 Å². The standard InChI is InChI=1S/C43H26N4S/c1-3-11-27(12-4-1)35-25-36(46-43(45-35)29-13-5-2-6-14-29)28-19-21-30(22-20-28)47-37-17-9-7-15-32(37)39-31-23-24-44-26-34(31)42-40(41(39)47)33-16-8-10-18-38(33)48-42/h1-26H. The monoisotopic (exact) mass is 630 g/mol. The van der Waals surface area contributed by atoms with E-state index < -0.39 is 0 Å². The molecule has 0 aliphatic heterocycles. The fraction of sp³-hybridized carbons (Fsp3) is 0. The summed E-state index contributed by atoms with van der Waals surface area (Å²) in [5, 5.41) is 7.49. The van der Waals surface area contributed by atoms with Crippen molar-refractivity contribution >= 4 is 64.1 Å². The van der Waals surface area contributed by atoms with E-state index in [9.17, 15) is 0 Å². The molecule has 0 bridgehead atoms. The molecule has 5 heteroatoms. The van der Waals surface area contributed by atoms with Crippen LogP contribution in [0.2, 0.25) is 0 Å². The molecule has 0 radical (unpaired) electrons. The zero-order valence-corrected chi connectivity index (χ0v) is 26.5. The number of pyridine rings is 1. The van der Waals surface area contributed by atoms with Crippen LogP contribution in [0.15, 0.2) is 158 Å². The van der Waals surface area contributed by atoms with E-state index in [1.54, 1.807) is 0 Å². The summed E-state index contributed by atoms with van der Waals surface area (Å²) in [5.41, 5.74) is 8.41. The highest BCUT2D eigenvalue weighted by Gasteiger charge is 2.22. The van der Waals surface area contributed by atoms with Crippen molar-refractivity contribution in [1.82, 2.24) is 19.5 Å². The van der Waals surface area contributed by atoms with Crippen LogP contribution < -0.4 is 0 Å². The van der Waals surface area contributed by atoms with Crippen LogP contribution in [0.1, 0.15) is 0 Å². The molecule has 6 aromatic carbocycles. The highest BCUT2D eigenvalue weighted by molar-refractivity contribution is 7.27. The van der Waals surface area contributed by atoms with Gasteiger partial charge in [-0.1, -0.05) is 109 Å². The lowest BCUT2D eigenvalue weighted by atomic mass is 10.0. The number of thiophene rings is 1. The Morgan fingerprint density at radius 2 is 1.15 bits per heavy atom. The van der Waals surface area contributed by atoms with Gasteiger partial charge >= 0.3 is 0 Å². The maximum atomic E-state index is 5.07. The Balaban J connectivity index is 1.22. The number of rotatable bonds is 4. The van der Waals surface area contributed by atoms with Gasteiger partial charge in [0.15, 0.2) is 5.82 Å². The Morgan fingerprint density at radius 3 is 1.92 bits per heavy atom. The van der Waals surface area contributed by atoms with E-state index in [1.807, 2.05) is 60.1 Å². The number of aromatic nitrogens is 4. The first-order valence-electron chi connectivity index (χ1n) is 16.0. The van der Waals surface area contributed by atoms with Crippen molar-refractivity contribution in [3.05, 3.63) is 158 Å². The predicted octanol–water partition coefficient (Wildman–Crippen LogP) is 11.5. The van der Waals surface area contributed by atoms with Gasteiger partial charge in [-0.25, -0.2) is 9.97 Å². The quantitative estimate of drug-likeness (QED) is 0.194. The van der Waals surface area contributed by atoms with Gasteiger partial charge in [-0.2, -0.15) is 0 Å². The van der Waals surface area contributed by atoms with Gasteiger partial charge in [0.1, 0.15) is 0 Å². The Hall–Kier alpha value is -6.17. The van der Waals surface area contributed by atoms with Gasteiger partial charge in [-0.15, -0.1) is 11.3 Å². The Kier molecular flexibility index (Phi) is 6.01. The van der Waals surface area contributed by atoms with Crippen LogP contribution in [0, 0.1) is 0 Å². The summed E-state index contributed by atoms with van der Waals surface area (Å²) < 4.78 is 5.00. The fourth-order valence-corrected chi connectivity index (χ4v) is 8.36. The fourth-order valence-electron chi connectivity index (χ4n) is 7.13. The molecule has 48 heavy (non-hydrogen) atoms. The average Bonchev–Trinajstić information content (AvgIpc) is 3.72. The third kappa shape index (κ3) is 4.11. The van der Waals surface area contributed by atoms with E-state index >= 15 is 0 Å². The largest absolute Gasteiger partial charge is 0.309 e. The van der Waals surface area contributed by atoms with E-state index in [2.05, 4.69) is 119 Å². The summed E-state index contributed by atoms with van der Waals surface area (Å²) in [5.74, 6) is 0.714. The van der Waals surface area contributed by atoms with Gasteiger partial charge in [-0.3, -0.25) is 4.98 Å². The molecule has 4 heterocycles. The van der Waals surface area contributed by atoms with E-state index in [-0.39, 0.29) is 0 Å². The zero-order valence-electron chi connectivity index (χ0n) is 25.7. The first kappa shape index (κ1) is 27.0. The molecule has 10 rings (SSSR count). The summed E-state index contributed by atoms with van der Waals surface area (Å²) in [4.78, 5) is 14.6. The maximum absolute atomic E-state index is 5.07. The van der Waals surface area contributed by atoms with E-state index in [0.717, 1.165) is 33.8 Å². The highest BCUT2D eigenvalue weighted by Crippen LogP contribution is 2.47. The summed E-state index contributed by atoms with van der Waals surface area (Å²) >= 11 is 1.85. The molecule has 0 atom stereocenters. The molecule has 0 aliphatic rings. The van der Waals surface area contributed by atoms with Crippen molar-refractivity contribution in [3.8, 4) is 39.6 Å². The second kappa shape index (κ2) is 10.7. The number of para-hydroxylation sites is 1. The van der Waals surface area contributed by atoms with Crippen LogP contribution in [0.3, 0.4) is 0 Å². The van der Waals surface area contributed by atoms with Crippen LogP contribution in [0.5, 0.6) is 0 Å². The summed E-state index contributed by atoms with van der Waals surface area (Å²) in [6, 6.07) is 51.1. The van der Waals surface area contributed by atoms with Crippen molar-refractivity contribution in [1.29, 1.82) is 0 Å². The molecule has 0 saturated heterocycles. The smallest absolute Gasteiger partial charge is 0.160 e. The molecule has 0 spiro atoms. The van der Waals surface area contributed by atoms with Gasteiger partial charge in [0.05, 0.1) is 22.4 Å². The summed E-state index contributed by atoms with van der Waals surface area (Å²) in [6.07, 6.45) is 3.94. The van der Waals surface area contributed by atoms with Crippen molar-refractivity contribution in [2.75, 3.05) is 0 Å². The van der Waals surface area contributed by atoms with Crippen molar-refractivity contribution in [3.63, 3.8) is 0 Å². The minimum absolute atomic E-state index is 0.714. The van der Waals surface area contributed by atoms with Gasteiger partial charge in [0.25, 0.3) is 0 Å². The molecule has 4 aromatic heterocycles. The molecule has 4 nitrogen and oxygen atoms in total. The number of nitrogens with zero attached hydrogens (tertiary/aromatic N) is 4.